The van der Waals surface area contributed by atoms with Gasteiger partial charge in [-0.2, -0.15) is 0 Å². The number of hydrogen-bond donors (Lipinski definition) is 1. The Bertz CT molecular complexity index is 1150. The Kier molecular flexibility index (Phi) is 7.46. The highest BCUT2D eigenvalue weighted by atomic mass is 32.2. The normalized spacial score (nSPS) is 18.2. The molecule has 2 aromatic carbocycles. The lowest BCUT2D eigenvalue weighted by Crippen LogP contribution is -2.44. The first kappa shape index (κ1) is 24.1. The number of para-hydroxylation sites is 2. The molecule has 0 aliphatic carbocycles. The predicted molar refractivity (Wildman–Crippen MR) is 139 cm³/mol. The van der Waals surface area contributed by atoms with Crippen molar-refractivity contribution in [2.75, 3.05) is 43.2 Å². The van der Waals surface area contributed by atoms with E-state index in [0.717, 1.165) is 41.9 Å². The molecule has 1 aliphatic rings. The molecule has 8 heteroatoms. The monoisotopic (exact) mass is 479 g/mol. The zero-order valence-corrected chi connectivity index (χ0v) is 21.1. The lowest BCUT2D eigenvalue weighted by Gasteiger charge is -2.35. The van der Waals surface area contributed by atoms with E-state index in [1.165, 1.54) is 11.8 Å². The van der Waals surface area contributed by atoms with Gasteiger partial charge in [0.05, 0.1) is 16.8 Å². The number of anilines is 2. The number of amides is 2. The Labute approximate surface area is 205 Å². The van der Waals surface area contributed by atoms with Crippen LogP contribution in [0.4, 0.5) is 11.4 Å². The summed E-state index contributed by atoms with van der Waals surface area (Å²) in [6, 6.07) is 15.5. The quantitative estimate of drug-likeness (QED) is 0.511. The molecular formula is C26H33N5O2S. The fourth-order valence-corrected chi connectivity index (χ4v) is 5.40. The summed E-state index contributed by atoms with van der Waals surface area (Å²) in [6.45, 7) is 6.24. The molecule has 34 heavy (non-hydrogen) atoms. The van der Waals surface area contributed by atoms with Gasteiger partial charge in [0.1, 0.15) is 6.54 Å². The third-order valence-corrected chi connectivity index (χ3v) is 7.11. The average molecular weight is 480 g/mol. The summed E-state index contributed by atoms with van der Waals surface area (Å²) in [5, 5.41) is 3.63. The minimum Gasteiger partial charge on any atom is -0.378 e. The standard InChI is InChI=1S/C26H33N5O2S/c1-18-13-19(2)15-30(14-18)25(33)16-31-23-8-6-5-7-22(23)28-26(31)34-17-24(32)27-20-9-11-21(12-10-20)29(3)4/h5-12,18-19H,13-17H2,1-4H3,(H,27,32)/t18-,19-/m1/s1. The van der Waals surface area contributed by atoms with Crippen molar-refractivity contribution < 1.29 is 9.59 Å². The van der Waals surface area contributed by atoms with E-state index < -0.39 is 0 Å². The summed E-state index contributed by atoms with van der Waals surface area (Å²) in [5.41, 5.74) is 3.57. The molecule has 0 unspecified atom stereocenters. The number of imidazole rings is 1. The summed E-state index contributed by atoms with van der Waals surface area (Å²) in [5.74, 6) is 1.23. The number of piperidine rings is 1. The van der Waals surface area contributed by atoms with Gasteiger partial charge >= 0.3 is 0 Å². The Balaban J connectivity index is 1.45. The summed E-state index contributed by atoms with van der Waals surface area (Å²) >= 11 is 1.36. The minimum absolute atomic E-state index is 0.105. The molecule has 0 radical (unpaired) electrons. The first-order chi connectivity index (χ1) is 16.3. The number of thioether (sulfide) groups is 1. The van der Waals surface area contributed by atoms with Crippen molar-refractivity contribution in [2.24, 2.45) is 11.8 Å². The number of benzene rings is 2. The second kappa shape index (κ2) is 10.5. The molecule has 0 saturated carbocycles. The van der Waals surface area contributed by atoms with Crippen LogP contribution < -0.4 is 10.2 Å². The maximum absolute atomic E-state index is 13.2. The van der Waals surface area contributed by atoms with Crippen molar-refractivity contribution in [3.8, 4) is 0 Å². The molecule has 2 atom stereocenters. The van der Waals surface area contributed by atoms with E-state index in [0.29, 0.717) is 17.0 Å². The van der Waals surface area contributed by atoms with Crippen LogP contribution in [0, 0.1) is 11.8 Å². The molecule has 7 nitrogen and oxygen atoms in total. The molecule has 1 aliphatic heterocycles. The van der Waals surface area contributed by atoms with E-state index in [1.54, 1.807) is 0 Å². The van der Waals surface area contributed by atoms with Crippen molar-refractivity contribution in [3.05, 3.63) is 48.5 Å². The number of rotatable bonds is 7. The first-order valence-corrected chi connectivity index (χ1v) is 12.7. The summed E-state index contributed by atoms with van der Waals surface area (Å²) < 4.78 is 1.95. The molecule has 0 bridgehead atoms. The summed E-state index contributed by atoms with van der Waals surface area (Å²) in [7, 11) is 3.96. The number of likely N-dealkylation sites (tertiary alicyclic amines) is 1. The number of aromatic nitrogens is 2. The first-order valence-electron chi connectivity index (χ1n) is 11.7. The fraction of sp³-hybridized carbons (Fsp3) is 0.423. The number of nitrogens with one attached hydrogen (secondary N) is 1. The Hall–Kier alpha value is -3.00. The largest absolute Gasteiger partial charge is 0.378 e. The Morgan fingerprint density at radius 1 is 1.06 bits per heavy atom. The van der Waals surface area contributed by atoms with Gasteiger partial charge in [0.15, 0.2) is 5.16 Å². The van der Waals surface area contributed by atoms with Gasteiger partial charge in [-0.1, -0.05) is 37.7 Å². The number of carbonyl (C=O) groups is 2. The van der Waals surface area contributed by atoms with Crippen LogP contribution in [0.15, 0.2) is 53.7 Å². The van der Waals surface area contributed by atoms with Crippen LogP contribution in [0.3, 0.4) is 0 Å². The molecule has 3 aromatic rings. The topological polar surface area (TPSA) is 70.5 Å². The highest BCUT2D eigenvalue weighted by molar-refractivity contribution is 7.99. The highest BCUT2D eigenvalue weighted by Crippen LogP contribution is 2.26. The Morgan fingerprint density at radius 2 is 1.74 bits per heavy atom. The van der Waals surface area contributed by atoms with Crippen molar-refractivity contribution >= 4 is 46.0 Å². The third-order valence-electron chi connectivity index (χ3n) is 6.13. The Morgan fingerprint density at radius 3 is 2.41 bits per heavy atom. The SMILES string of the molecule is C[C@@H]1C[C@@H](C)CN(C(=O)Cn2c(SCC(=O)Nc3ccc(N(C)C)cc3)nc3ccccc32)C1. The molecule has 1 N–H and O–H groups in total. The van der Waals surface area contributed by atoms with Gasteiger partial charge in [0, 0.05) is 38.6 Å². The van der Waals surface area contributed by atoms with Crippen molar-refractivity contribution in [3.63, 3.8) is 0 Å². The maximum Gasteiger partial charge on any atom is 0.242 e. The van der Waals surface area contributed by atoms with Crippen LogP contribution in [0.1, 0.15) is 20.3 Å². The van der Waals surface area contributed by atoms with E-state index in [2.05, 4.69) is 19.2 Å². The molecule has 1 fully saturated rings. The van der Waals surface area contributed by atoms with Gasteiger partial charge in [0.2, 0.25) is 11.8 Å². The van der Waals surface area contributed by atoms with Gasteiger partial charge in [-0.15, -0.1) is 0 Å². The molecule has 1 saturated heterocycles. The van der Waals surface area contributed by atoms with E-state index in [-0.39, 0.29) is 24.1 Å². The third kappa shape index (κ3) is 5.73. The van der Waals surface area contributed by atoms with E-state index in [4.69, 9.17) is 4.98 Å². The molecule has 2 amide bonds. The molecule has 0 spiro atoms. The zero-order valence-electron chi connectivity index (χ0n) is 20.3. The van der Waals surface area contributed by atoms with Crippen LogP contribution in [0.5, 0.6) is 0 Å². The van der Waals surface area contributed by atoms with Gasteiger partial charge in [-0.25, -0.2) is 4.98 Å². The van der Waals surface area contributed by atoms with E-state index >= 15 is 0 Å². The van der Waals surface area contributed by atoms with Crippen molar-refractivity contribution in [1.29, 1.82) is 0 Å². The van der Waals surface area contributed by atoms with Crippen LogP contribution >= 0.6 is 11.8 Å². The minimum atomic E-state index is -0.105. The second-order valence-corrected chi connectivity index (χ2v) is 10.4. The van der Waals surface area contributed by atoms with Crippen LogP contribution in [0.2, 0.25) is 0 Å². The number of nitrogens with zero attached hydrogens (tertiary/aromatic N) is 4. The summed E-state index contributed by atoms with van der Waals surface area (Å²) in [4.78, 5) is 34.5. The van der Waals surface area contributed by atoms with Gasteiger partial charge in [-0.3, -0.25) is 9.59 Å². The summed E-state index contributed by atoms with van der Waals surface area (Å²) in [6.07, 6.45) is 1.16. The number of fused-ring (bicyclic) bond motifs is 1. The van der Waals surface area contributed by atoms with Crippen molar-refractivity contribution in [2.45, 2.75) is 32.0 Å². The van der Waals surface area contributed by atoms with Gasteiger partial charge in [0.25, 0.3) is 0 Å². The average Bonchev–Trinajstić information content (AvgIpc) is 3.14. The number of carbonyl (C=O) groups excluding carboxylic acids is 2. The highest BCUT2D eigenvalue weighted by Gasteiger charge is 2.26. The smallest absolute Gasteiger partial charge is 0.242 e. The second-order valence-electron chi connectivity index (χ2n) is 9.49. The predicted octanol–water partition coefficient (Wildman–Crippen LogP) is 4.34. The van der Waals surface area contributed by atoms with E-state index in [1.807, 2.05) is 77.0 Å². The number of hydrogen-bond acceptors (Lipinski definition) is 5. The molecule has 4 rings (SSSR count). The van der Waals surface area contributed by atoms with Crippen molar-refractivity contribution in [1.82, 2.24) is 14.5 Å². The van der Waals surface area contributed by atoms with Crippen LogP contribution in [0.25, 0.3) is 11.0 Å². The van der Waals surface area contributed by atoms with Gasteiger partial charge < -0.3 is 19.7 Å². The maximum atomic E-state index is 13.2. The lowest BCUT2D eigenvalue weighted by molar-refractivity contribution is -0.134. The lowest BCUT2D eigenvalue weighted by atomic mass is 9.92. The molecule has 2 heterocycles. The van der Waals surface area contributed by atoms with E-state index in [9.17, 15) is 9.59 Å². The van der Waals surface area contributed by atoms with Gasteiger partial charge in [-0.05, 0) is 54.7 Å². The van der Waals surface area contributed by atoms with Crippen LogP contribution in [-0.4, -0.2) is 59.2 Å². The molecule has 180 valence electrons. The molecular weight excluding hydrogens is 446 g/mol. The van der Waals surface area contributed by atoms with Crippen LogP contribution in [-0.2, 0) is 16.1 Å². The zero-order chi connectivity index (χ0) is 24.2. The molecule has 1 aromatic heterocycles. The fourth-order valence-electron chi connectivity index (χ4n) is 4.59.